The number of rotatable bonds is 10. The number of hydrogen-bond acceptors (Lipinski definition) is 7. The monoisotopic (exact) mass is 481 g/mol. The molecule has 11 heteroatoms. The fourth-order valence-corrected chi connectivity index (χ4v) is 3.62. The molecule has 1 aromatic heterocycles. The maximum absolute atomic E-state index is 13.7. The van der Waals surface area contributed by atoms with E-state index >= 15 is 0 Å². The summed E-state index contributed by atoms with van der Waals surface area (Å²) < 4.78 is 6.51. The lowest BCUT2D eigenvalue weighted by atomic mass is 10.1. The predicted molar refractivity (Wildman–Crippen MR) is 132 cm³/mol. The first-order valence-corrected chi connectivity index (χ1v) is 11.2. The van der Waals surface area contributed by atoms with Crippen molar-refractivity contribution < 1.29 is 14.5 Å². The lowest BCUT2D eigenvalue weighted by Crippen LogP contribution is -2.41. The highest BCUT2D eigenvalue weighted by Gasteiger charge is 2.28. The van der Waals surface area contributed by atoms with Crippen molar-refractivity contribution in [1.29, 1.82) is 0 Å². The number of unbranched alkanes of at least 4 members (excludes halogenated alkanes) is 1. The number of nitrogen functional groups attached to an aromatic ring is 1. The quantitative estimate of drug-likeness (QED) is 0.333. The van der Waals surface area contributed by atoms with Crippen molar-refractivity contribution in [3.05, 3.63) is 90.6 Å². The summed E-state index contributed by atoms with van der Waals surface area (Å²) in [6, 6.07) is 12.7. The number of nitrogens with zero attached hydrogens (tertiary/aromatic N) is 3. The molecule has 0 aliphatic rings. The molecule has 0 bridgehead atoms. The number of nitrogens with one attached hydrogen (secondary N) is 1. The van der Waals surface area contributed by atoms with Crippen LogP contribution in [0.25, 0.3) is 0 Å². The van der Waals surface area contributed by atoms with E-state index in [2.05, 4.69) is 4.98 Å². The summed E-state index contributed by atoms with van der Waals surface area (Å²) in [6.45, 7) is 4.04. The number of nitro benzene ring substituents is 1. The molecule has 0 saturated heterocycles. The number of carbonyl (C=O) groups is 1. The lowest BCUT2D eigenvalue weighted by Gasteiger charge is -2.25. The van der Waals surface area contributed by atoms with Crippen LogP contribution in [0, 0.1) is 10.1 Å². The van der Waals surface area contributed by atoms with Crippen LogP contribution < -0.4 is 26.6 Å². The molecule has 0 aliphatic heterocycles. The summed E-state index contributed by atoms with van der Waals surface area (Å²) in [5.41, 5.74) is 4.82. The largest absolute Gasteiger partial charge is 0.487 e. The minimum atomic E-state index is -0.829. The van der Waals surface area contributed by atoms with Gasteiger partial charge in [0.15, 0.2) is 11.4 Å². The zero-order chi connectivity index (χ0) is 25.5. The number of H-pyrrole nitrogens is 1. The topological polar surface area (TPSA) is 154 Å². The van der Waals surface area contributed by atoms with Gasteiger partial charge in [0, 0.05) is 18.2 Å². The minimum Gasteiger partial charge on any atom is -0.487 e. The number of nitro groups is 1. The highest BCUT2D eigenvalue weighted by Crippen LogP contribution is 2.30. The van der Waals surface area contributed by atoms with Crippen LogP contribution >= 0.6 is 0 Å². The third-order valence-electron chi connectivity index (χ3n) is 5.35. The van der Waals surface area contributed by atoms with Gasteiger partial charge >= 0.3 is 11.4 Å². The molecular weight excluding hydrogens is 454 g/mol. The normalized spacial score (nSPS) is 10.7. The average molecular weight is 482 g/mol. The van der Waals surface area contributed by atoms with Crippen LogP contribution in [0.4, 0.5) is 17.2 Å². The van der Waals surface area contributed by atoms with Crippen LogP contribution in [0.2, 0.25) is 0 Å². The highest BCUT2D eigenvalue weighted by atomic mass is 16.6. The van der Waals surface area contributed by atoms with Gasteiger partial charge in [-0.3, -0.25) is 34.2 Å². The molecule has 0 spiro atoms. The molecule has 2 aromatic carbocycles. The molecule has 0 saturated carbocycles. The summed E-state index contributed by atoms with van der Waals surface area (Å²) in [4.78, 5) is 53.3. The highest BCUT2D eigenvalue weighted by molar-refractivity contribution is 6.07. The molecule has 1 heterocycles. The SMILES string of the molecule is CCCCn1c(N)c(N(Cc2ccccc2)C(=O)c2ccc(OCC)c([N+](=O)[O-])c2)c(=O)[nH]c1=O. The maximum Gasteiger partial charge on any atom is 0.330 e. The summed E-state index contributed by atoms with van der Waals surface area (Å²) >= 11 is 0. The van der Waals surface area contributed by atoms with Gasteiger partial charge in [-0.2, -0.15) is 0 Å². The molecule has 0 radical (unpaired) electrons. The summed E-state index contributed by atoms with van der Waals surface area (Å²) in [5.74, 6) is -0.830. The van der Waals surface area contributed by atoms with Gasteiger partial charge in [0.1, 0.15) is 5.82 Å². The van der Waals surface area contributed by atoms with Crippen molar-refractivity contribution in [2.45, 2.75) is 39.8 Å². The maximum atomic E-state index is 13.7. The molecule has 3 aromatic rings. The molecule has 0 unspecified atom stereocenters. The van der Waals surface area contributed by atoms with Gasteiger partial charge < -0.3 is 10.5 Å². The predicted octanol–water partition coefficient (Wildman–Crippen LogP) is 3.07. The molecule has 0 atom stereocenters. The minimum absolute atomic E-state index is 0.0223. The van der Waals surface area contributed by atoms with E-state index in [0.29, 0.717) is 12.0 Å². The number of benzene rings is 2. The third-order valence-corrected chi connectivity index (χ3v) is 5.35. The molecule has 11 nitrogen and oxygen atoms in total. The van der Waals surface area contributed by atoms with Gasteiger partial charge in [0.25, 0.3) is 11.5 Å². The Morgan fingerprint density at radius 1 is 1.17 bits per heavy atom. The Morgan fingerprint density at radius 3 is 2.51 bits per heavy atom. The number of carbonyl (C=O) groups excluding carboxylic acids is 1. The Bertz CT molecular complexity index is 1330. The second-order valence-electron chi connectivity index (χ2n) is 7.75. The van der Waals surface area contributed by atoms with E-state index in [4.69, 9.17) is 10.5 Å². The summed E-state index contributed by atoms with van der Waals surface area (Å²) in [5, 5.41) is 11.6. The van der Waals surface area contributed by atoms with Crippen LogP contribution in [0.3, 0.4) is 0 Å². The van der Waals surface area contributed by atoms with Crippen LogP contribution in [0.5, 0.6) is 5.75 Å². The van der Waals surface area contributed by atoms with Gasteiger partial charge in [0.05, 0.1) is 18.1 Å². The second kappa shape index (κ2) is 11.1. The fourth-order valence-electron chi connectivity index (χ4n) is 3.62. The van der Waals surface area contributed by atoms with Crippen molar-refractivity contribution >= 4 is 23.1 Å². The molecule has 1 amide bonds. The van der Waals surface area contributed by atoms with E-state index in [1.54, 1.807) is 37.3 Å². The Kier molecular flexibility index (Phi) is 8.03. The van der Waals surface area contributed by atoms with E-state index < -0.39 is 22.1 Å². The number of anilines is 2. The second-order valence-corrected chi connectivity index (χ2v) is 7.75. The van der Waals surface area contributed by atoms with Crippen LogP contribution in [0.15, 0.2) is 58.1 Å². The first kappa shape index (κ1) is 25.2. The van der Waals surface area contributed by atoms with Crippen molar-refractivity contribution in [1.82, 2.24) is 9.55 Å². The first-order chi connectivity index (χ1) is 16.8. The van der Waals surface area contributed by atoms with E-state index in [1.165, 1.54) is 16.7 Å². The van der Waals surface area contributed by atoms with Crippen molar-refractivity contribution in [3.63, 3.8) is 0 Å². The van der Waals surface area contributed by atoms with Gasteiger partial charge in [-0.25, -0.2) is 4.79 Å². The molecule has 0 fully saturated rings. The van der Waals surface area contributed by atoms with E-state index in [-0.39, 0.29) is 48.2 Å². The Labute approximate surface area is 200 Å². The van der Waals surface area contributed by atoms with E-state index in [1.807, 2.05) is 6.92 Å². The van der Waals surface area contributed by atoms with Crippen molar-refractivity contribution in [2.24, 2.45) is 0 Å². The summed E-state index contributed by atoms with van der Waals surface area (Å²) in [7, 11) is 0. The van der Waals surface area contributed by atoms with Crippen molar-refractivity contribution in [2.75, 3.05) is 17.2 Å². The number of nitrogens with two attached hydrogens (primary N) is 1. The molecule has 184 valence electrons. The number of aromatic amines is 1. The Morgan fingerprint density at radius 2 is 1.89 bits per heavy atom. The van der Waals surface area contributed by atoms with Gasteiger partial charge in [-0.15, -0.1) is 0 Å². The molecule has 0 aliphatic carbocycles. The van der Waals surface area contributed by atoms with E-state index in [9.17, 15) is 24.5 Å². The number of amides is 1. The first-order valence-electron chi connectivity index (χ1n) is 11.2. The van der Waals surface area contributed by atoms with E-state index in [0.717, 1.165) is 17.4 Å². The van der Waals surface area contributed by atoms with Crippen LogP contribution in [-0.2, 0) is 13.1 Å². The molecule has 35 heavy (non-hydrogen) atoms. The third kappa shape index (κ3) is 5.57. The Balaban J connectivity index is 2.18. The fraction of sp³-hybridized carbons (Fsp3) is 0.292. The number of aromatic nitrogens is 2. The van der Waals surface area contributed by atoms with Crippen LogP contribution in [0.1, 0.15) is 42.6 Å². The molecular formula is C24H27N5O6. The van der Waals surface area contributed by atoms with Crippen molar-refractivity contribution in [3.8, 4) is 5.75 Å². The lowest BCUT2D eigenvalue weighted by molar-refractivity contribution is -0.385. The number of hydrogen-bond donors (Lipinski definition) is 2. The zero-order valence-electron chi connectivity index (χ0n) is 19.5. The number of ether oxygens (including phenoxy) is 1. The smallest absolute Gasteiger partial charge is 0.330 e. The zero-order valence-corrected chi connectivity index (χ0v) is 19.5. The van der Waals surface area contributed by atoms with Gasteiger partial charge in [0.2, 0.25) is 0 Å². The average Bonchev–Trinajstić information content (AvgIpc) is 2.83. The van der Waals surface area contributed by atoms with Crippen LogP contribution in [-0.4, -0.2) is 27.0 Å². The summed E-state index contributed by atoms with van der Waals surface area (Å²) in [6.07, 6.45) is 1.41. The Hall–Kier alpha value is -4.41. The molecule has 3 N–H and O–H groups in total. The van der Waals surface area contributed by atoms with Gasteiger partial charge in [-0.05, 0) is 31.0 Å². The standard InChI is InChI=1S/C24H27N5O6/c1-3-5-13-27-21(25)20(22(30)26-24(27)32)28(15-16-9-7-6-8-10-16)23(31)17-11-12-19(35-4-2)18(14-17)29(33)34/h6-12,14H,3-5,13,15,25H2,1-2H3,(H,26,30,32). The molecule has 3 rings (SSSR count). The van der Waals surface area contributed by atoms with Gasteiger partial charge in [-0.1, -0.05) is 43.7 Å².